The zero-order valence-corrected chi connectivity index (χ0v) is 10.4. The highest BCUT2D eigenvalue weighted by atomic mass is 19.1. The number of hydrazine groups is 1. The van der Waals surface area contributed by atoms with E-state index in [1.807, 2.05) is 10.6 Å². The number of rotatable bonds is 3. The number of hydrogen-bond acceptors (Lipinski definition) is 2. The number of benzene rings is 1. The van der Waals surface area contributed by atoms with Gasteiger partial charge in [0.15, 0.2) is 0 Å². The summed E-state index contributed by atoms with van der Waals surface area (Å²) < 4.78 is 15.4. The summed E-state index contributed by atoms with van der Waals surface area (Å²) in [6, 6.07) is 6.62. The maximum absolute atomic E-state index is 13.5. The number of hydrogen-bond donors (Lipinski definition) is 2. The molecule has 2 aromatic rings. The molecule has 5 heteroatoms. The molecule has 0 aliphatic rings. The molecule has 96 valence electrons. The van der Waals surface area contributed by atoms with Gasteiger partial charge >= 0.3 is 0 Å². The molecular weight excluding hydrogens is 233 g/mol. The van der Waals surface area contributed by atoms with Gasteiger partial charge in [0.25, 0.3) is 0 Å². The maximum atomic E-state index is 13.5. The molecule has 18 heavy (non-hydrogen) atoms. The van der Waals surface area contributed by atoms with Crippen LogP contribution in [-0.4, -0.2) is 10.5 Å². The first-order valence-electron chi connectivity index (χ1n) is 5.70. The Balaban J connectivity index is 2.39. The summed E-state index contributed by atoms with van der Waals surface area (Å²) >= 11 is 0. The molecule has 2 rings (SSSR count). The van der Waals surface area contributed by atoms with Crippen molar-refractivity contribution in [1.29, 1.82) is 0 Å². The van der Waals surface area contributed by atoms with Gasteiger partial charge in [0.05, 0.1) is 10.9 Å². The first-order chi connectivity index (χ1) is 8.45. The molecule has 0 fully saturated rings. The van der Waals surface area contributed by atoms with Crippen molar-refractivity contribution >= 4 is 16.8 Å². The van der Waals surface area contributed by atoms with Crippen LogP contribution in [0.1, 0.15) is 13.8 Å². The fraction of sp³-hybridized carbons (Fsp3) is 0.308. The third-order valence-electron chi connectivity index (χ3n) is 3.07. The van der Waals surface area contributed by atoms with Gasteiger partial charge in [-0.2, -0.15) is 0 Å². The molecule has 0 aliphatic heterocycles. The van der Waals surface area contributed by atoms with Crippen molar-refractivity contribution in [3.05, 3.63) is 36.3 Å². The summed E-state index contributed by atoms with van der Waals surface area (Å²) in [6.07, 6.45) is 1.78. The van der Waals surface area contributed by atoms with Crippen molar-refractivity contribution in [2.24, 2.45) is 11.3 Å². The van der Waals surface area contributed by atoms with Gasteiger partial charge in [-0.25, -0.2) is 10.2 Å². The van der Waals surface area contributed by atoms with E-state index in [-0.39, 0.29) is 11.7 Å². The molecule has 0 saturated carbocycles. The second-order valence-electron chi connectivity index (χ2n) is 4.97. The van der Waals surface area contributed by atoms with Gasteiger partial charge in [-0.05, 0) is 32.0 Å². The van der Waals surface area contributed by atoms with E-state index < -0.39 is 5.41 Å². The molecule has 3 N–H and O–H groups in total. The first-order valence-corrected chi connectivity index (χ1v) is 5.70. The number of carbonyl (C=O) groups excluding carboxylic acids is 1. The third kappa shape index (κ3) is 2.09. The van der Waals surface area contributed by atoms with Gasteiger partial charge in [-0.3, -0.25) is 10.2 Å². The van der Waals surface area contributed by atoms with Crippen molar-refractivity contribution in [1.82, 2.24) is 9.99 Å². The first kappa shape index (κ1) is 12.6. The van der Waals surface area contributed by atoms with Crippen LogP contribution in [-0.2, 0) is 11.3 Å². The predicted molar refractivity (Wildman–Crippen MR) is 68.0 cm³/mol. The molecule has 1 heterocycles. The van der Waals surface area contributed by atoms with Gasteiger partial charge < -0.3 is 4.57 Å². The summed E-state index contributed by atoms with van der Waals surface area (Å²) in [5.41, 5.74) is 2.26. The molecular formula is C13H16FN3O. The van der Waals surface area contributed by atoms with Gasteiger partial charge in [-0.1, -0.05) is 6.07 Å². The minimum absolute atomic E-state index is 0.249. The molecule has 0 spiro atoms. The lowest BCUT2D eigenvalue weighted by Gasteiger charge is -2.23. The molecule has 0 unspecified atom stereocenters. The summed E-state index contributed by atoms with van der Waals surface area (Å²) in [4.78, 5) is 11.6. The number of fused-ring (bicyclic) bond motifs is 1. The minimum Gasteiger partial charge on any atom is -0.346 e. The second-order valence-corrected chi connectivity index (χ2v) is 4.97. The molecule has 1 aromatic carbocycles. The van der Waals surface area contributed by atoms with Gasteiger partial charge in [-0.15, -0.1) is 0 Å². The van der Waals surface area contributed by atoms with E-state index in [1.54, 1.807) is 32.2 Å². The lowest BCUT2D eigenvalue weighted by atomic mass is 9.92. The molecule has 0 saturated heterocycles. The number of nitrogens with one attached hydrogen (secondary N) is 1. The van der Waals surface area contributed by atoms with E-state index in [2.05, 4.69) is 5.43 Å². The van der Waals surface area contributed by atoms with E-state index in [1.165, 1.54) is 6.07 Å². The average Bonchev–Trinajstić information content (AvgIpc) is 2.72. The molecule has 0 bridgehead atoms. The highest BCUT2D eigenvalue weighted by Gasteiger charge is 2.27. The molecule has 0 atom stereocenters. The lowest BCUT2D eigenvalue weighted by molar-refractivity contribution is -0.130. The van der Waals surface area contributed by atoms with Gasteiger partial charge in [0, 0.05) is 18.1 Å². The Hall–Kier alpha value is -1.88. The number of nitrogens with two attached hydrogens (primary N) is 1. The van der Waals surface area contributed by atoms with Gasteiger partial charge in [0.2, 0.25) is 5.91 Å². The van der Waals surface area contributed by atoms with Crippen molar-refractivity contribution in [3.8, 4) is 0 Å². The third-order valence-corrected chi connectivity index (χ3v) is 3.07. The highest BCUT2D eigenvalue weighted by Crippen LogP contribution is 2.24. The summed E-state index contributed by atoms with van der Waals surface area (Å²) in [5.74, 6) is 4.65. The zero-order valence-electron chi connectivity index (χ0n) is 10.4. The van der Waals surface area contributed by atoms with E-state index in [0.29, 0.717) is 11.9 Å². The maximum Gasteiger partial charge on any atom is 0.241 e. The molecule has 0 aliphatic carbocycles. The van der Waals surface area contributed by atoms with Gasteiger partial charge in [0.1, 0.15) is 5.82 Å². The van der Waals surface area contributed by atoms with E-state index in [9.17, 15) is 9.18 Å². The Morgan fingerprint density at radius 3 is 2.83 bits per heavy atom. The van der Waals surface area contributed by atoms with Crippen molar-refractivity contribution in [2.45, 2.75) is 20.4 Å². The summed E-state index contributed by atoms with van der Waals surface area (Å²) in [6.45, 7) is 4.02. The quantitative estimate of drug-likeness (QED) is 0.495. The fourth-order valence-electron chi connectivity index (χ4n) is 2.02. The van der Waals surface area contributed by atoms with Crippen LogP contribution in [0.5, 0.6) is 0 Å². The van der Waals surface area contributed by atoms with Crippen LogP contribution in [0.25, 0.3) is 10.9 Å². The number of halogens is 1. The van der Waals surface area contributed by atoms with Crippen LogP contribution < -0.4 is 11.3 Å². The largest absolute Gasteiger partial charge is 0.346 e. The lowest BCUT2D eigenvalue weighted by Crippen LogP contribution is -2.43. The van der Waals surface area contributed by atoms with Crippen LogP contribution in [0.2, 0.25) is 0 Å². The Labute approximate surface area is 105 Å². The second kappa shape index (κ2) is 4.42. The van der Waals surface area contributed by atoms with Crippen LogP contribution in [0.15, 0.2) is 30.5 Å². The fourth-order valence-corrected chi connectivity index (χ4v) is 2.02. The van der Waals surface area contributed by atoms with E-state index in [0.717, 1.165) is 5.52 Å². The zero-order chi connectivity index (χ0) is 13.3. The molecule has 1 aromatic heterocycles. The highest BCUT2D eigenvalue weighted by molar-refractivity contribution is 5.83. The average molecular weight is 249 g/mol. The molecule has 0 radical (unpaired) electrons. The number of nitrogens with zero attached hydrogens (tertiary/aromatic N) is 1. The Bertz CT molecular complexity index is 589. The van der Waals surface area contributed by atoms with Crippen LogP contribution in [0.3, 0.4) is 0 Å². The van der Waals surface area contributed by atoms with Crippen molar-refractivity contribution < 1.29 is 9.18 Å². The smallest absolute Gasteiger partial charge is 0.241 e. The van der Waals surface area contributed by atoms with E-state index >= 15 is 0 Å². The Kier molecular flexibility index (Phi) is 3.09. The standard InChI is InChI=1S/C13H16FN3O/c1-13(2,12(18)16-15)8-17-7-6-9-10(14)4-3-5-11(9)17/h3-7H,8,15H2,1-2H3,(H,16,18). The van der Waals surface area contributed by atoms with Crippen molar-refractivity contribution in [2.75, 3.05) is 0 Å². The predicted octanol–water partition coefficient (Wildman–Crippen LogP) is 1.80. The Morgan fingerprint density at radius 1 is 1.44 bits per heavy atom. The molecule has 4 nitrogen and oxygen atoms in total. The minimum atomic E-state index is -0.660. The van der Waals surface area contributed by atoms with Crippen LogP contribution >= 0.6 is 0 Å². The SMILES string of the molecule is CC(C)(Cn1ccc2c(F)cccc21)C(=O)NN. The van der Waals surface area contributed by atoms with Crippen LogP contribution in [0.4, 0.5) is 4.39 Å². The summed E-state index contributed by atoms with van der Waals surface area (Å²) in [5, 5.41) is 0.557. The van der Waals surface area contributed by atoms with Crippen molar-refractivity contribution in [3.63, 3.8) is 0 Å². The molecule has 1 amide bonds. The number of aromatic nitrogens is 1. The topological polar surface area (TPSA) is 60.0 Å². The summed E-state index contributed by atoms with van der Waals surface area (Å²) in [7, 11) is 0. The van der Waals surface area contributed by atoms with Crippen LogP contribution in [0, 0.1) is 11.2 Å². The Morgan fingerprint density at radius 2 is 2.17 bits per heavy atom. The normalized spacial score (nSPS) is 11.8. The van der Waals surface area contributed by atoms with E-state index in [4.69, 9.17) is 5.84 Å². The number of amides is 1. The monoisotopic (exact) mass is 249 g/mol. The number of carbonyl (C=O) groups is 1.